The summed E-state index contributed by atoms with van der Waals surface area (Å²) in [6.07, 6.45) is 4.95. The average molecular weight is 469 g/mol. The van der Waals surface area contributed by atoms with Crippen LogP contribution in [0.15, 0.2) is 31.0 Å². The maximum atomic E-state index is 12.0. The Bertz CT molecular complexity index is 1430. The summed E-state index contributed by atoms with van der Waals surface area (Å²) in [6, 6.07) is 6.70. The van der Waals surface area contributed by atoms with Gasteiger partial charge in [-0.05, 0) is 25.0 Å². The van der Waals surface area contributed by atoms with Crippen LogP contribution < -0.4 is 4.90 Å². The van der Waals surface area contributed by atoms with Gasteiger partial charge < -0.3 is 14.5 Å². The molecule has 0 N–H and O–H groups in total. The average Bonchev–Trinajstić information content (AvgIpc) is 3.46. The van der Waals surface area contributed by atoms with E-state index in [0.29, 0.717) is 18.8 Å². The van der Waals surface area contributed by atoms with Crippen LogP contribution in [0.1, 0.15) is 28.8 Å². The van der Waals surface area contributed by atoms with E-state index in [4.69, 9.17) is 9.72 Å². The first kappa shape index (κ1) is 21.8. The number of aryl methyl sites for hydroxylation is 2. The molecule has 2 fully saturated rings. The molecule has 0 unspecified atom stereocenters. The van der Waals surface area contributed by atoms with E-state index >= 15 is 0 Å². The fourth-order valence-electron chi connectivity index (χ4n) is 6.08. The number of carbonyl (C=O) groups excluding carboxylic acids is 1. The summed E-state index contributed by atoms with van der Waals surface area (Å²) in [5.41, 5.74) is 6.75. The highest BCUT2D eigenvalue weighted by atomic mass is 16.5. The van der Waals surface area contributed by atoms with E-state index in [1.807, 2.05) is 22.8 Å². The van der Waals surface area contributed by atoms with Gasteiger partial charge in [0.1, 0.15) is 17.5 Å². The third kappa shape index (κ3) is 3.26. The van der Waals surface area contributed by atoms with E-state index in [-0.39, 0.29) is 11.3 Å². The van der Waals surface area contributed by atoms with Crippen molar-refractivity contribution in [1.82, 2.24) is 19.7 Å². The standard InChI is InChI=1S/C27H28N6O2/c1-4-22(34)33-15-27(16-33)8-9-32(14-27)26-19(11-28)24(20-13-35-10-7-21(20)30-26)23-17(2)5-6-18-12-29-31(3)25(18)23/h4-6,12H,1,7-10,13-16H2,2-3H3. The number of benzene rings is 1. The monoisotopic (exact) mass is 468 g/mol. The second-order valence-corrected chi connectivity index (χ2v) is 10.1. The van der Waals surface area contributed by atoms with Crippen molar-refractivity contribution in [2.75, 3.05) is 37.7 Å². The van der Waals surface area contributed by atoms with Crippen LogP contribution in [0.5, 0.6) is 0 Å². The molecule has 0 aliphatic carbocycles. The topological polar surface area (TPSA) is 87.3 Å². The van der Waals surface area contributed by atoms with Crippen LogP contribution in [0, 0.1) is 23.7 Å². The van der Waals surface area contributed by atoms with Gasteiger partial charge in [-0.25, -0.2) is 4.98 Å². The minimum absolute atomic E-state index is 0.0132. The van der Waals surface area contributed by atoms with Crippen LogP contribution in [0.25, 0.3) is 22.0 Å². The lowest BCUT2D eigenvalue weighted by Gasteiger charge is -2.47. The Kier molecular flexibility index (Phi) is 4.94. The minimum atomic E-state index is -0.0132. The molecular weight excluding hydrogens is 440 g/mol. The van der Waals surface area contributed by atoms with Crippen LogP contribution in [0.2, 0.25) is 0 Å². The molecule has 0 bridgehead atoms. The summed E-state index contributed by atoms with van der Waals surface area (Å²) < 4.78 is 7.75. The molecule has 0 atom stereocenters. The molecule has 1 aromatic carbocycles. The number of aromatic nitrogens is 3. The van der Waals surface area contributed by atoms with Crippen LogP contribution >= 0.6 is 0 Å². The van der Waals surface area contributed by atoms with E-state index in [1.165, 1.54) is 6.08 Å². The van der Waals surface area contributed by atoms with Gasteiger partial charge in [-0.1, -0.05) is 18.7 Å². The molecule has 8 nitrogen and oxygen atoms in total. The summed E-state index contributed by atoms with van der Waals surface area (Å²) >= 11 is 0. The highest BCUT2D eigenvalue weighted by Crippen LogP contribution is 2.45. The van der Waals surface area contributed by atoms with Crippen molar-refractivity contribution in [3.8, 4) is 17.2 Å². The molecule has 0 radical (unpaired) electrons. The SMILES string of the molecule is C=CC(=O)N1CC2(CCN(c3nc4c(c(-c5c(C)ccc6cnn(C)c56)c3C#N)COCC4)C2)C1. The molecule has 1 amide bonds. The van der Waals surface area contributed by atoms with Crippen molar-refractivity contribution in [1.29, 1.82) is 5.26 Å². The van der Waals surface area contributed by atoms with Gasteiger partial charge in [0.25, 0.3) is 0 Å². The second-order valence-electron chi connectivity index (χ2n) is 10.1. The number of hydrogen-bond acceptors (Lipinski definition) is 6. The summed E-state index contributed by atoms with van der Waals surface area (Å²) in [7, 11) is 1.94. The molecule has 3 aromatic rings. The van der Waals surface area contributed by atoms with Gasteiger partial charge in [0, 0.05) is 67.1 Å². The Morgan fingerprint density at radius 1 is 1.29 bits per heavy atom. The zero-order valence-electron chi connectivity index (χ0n) is 20.2. The van der Waals surface area contributed by atoms with E-state index < -0.39 is 0 Å². The van der Waals surface area contributed by atoms with Crippen molar-refractivity contribution in [2.45, 2.75) is 26.4 Å². The molecule has 6 rings (SSSR count). The molecule has 2 saturated heterocycles. The first-order valence-corrected chi connectivity index (χ1v) is 12.1. The van der Waals surface area contributed by atoms with Crippen molar-refractivity contribution >= 4 is 22.6 Å². The quantitative estimate of drug-likeness (QED) is 0.549. The van der Waals surface area contributed by atoms with E-state index in [0.717, 1.165) is 83.7 Å². The Morgan fingerprint density at radius 3 is 2.89 bits per heavy atom. The smallest absolute Gasteiger partial charge is 0.245 e. The molecule has 1 spiro atoms. The molecule has 3 aliphatic rings. The molecule has 35 heavy (non-hydrogen) atoms. The van der Waals surface area contributed by atoms with Crippen molar-refractivity contribution in [3.63, 3.8) is 0 Å². The second kappa shape index (κ2) is 7.92. The van der Waals surface area contributed by atoms with E-state index in [1.54, 1.807) is 0 Å². The predicted octanol–water partition coefficient (Wildman–Crippen LogP) is 3.11. The first-order valence-electron chi connectivity index (χ1n) is 12.1. The summed E-state index contributed by atoms with van der Waals surface area (Å²) in [5.74, 6) is 0.743. The first-order chi connectivity index (χ1) is 16.9. The highest BCUT2D eigenvalue weighted by Gasteiger charge is 2.49. The molecule has 0 saturated carbocycles. The highest BCUT2D eigenvalue weighted by molar-refractivity contribution is 5.99. The maximum Gasteiger partial charge on any atom is 0.245 e. The largest absolute Gasteiger partial charge is 0.376 e. The van der Waals surface area contributed by atoms with Crippen LogP contribution in [-0.2, 0) is 29.6 Å². The number of anilines is 1. The third-order valence-corrected chi connectivity index (χ3v) is 7.84. The van der Waals surface area contributed by atoms with Crippen molar-refractivity contribution in [2.24, 2.45) is 12.5 Å². The zero-order valence-corrected chi connectivity index (χ0v) is 20.2. The number of pyridine rings is 1. The Morgan fingerprint density at radius 2 is 2.11 bits per heavy atom. The number of likely N-dealkylation sites (tertiary alicyclic amines) is 1. The van der Waals surface area contributed by atoms with Crippen molar-refractivity contribution < 1.29 is 9.53 Å². The lowest BCUT2D eigenvalue weighted by atomic mass is 9.79. The Balaban J connectivity index is 1.50. The molecule has 178 valence electrons. The minimum Gasteiger partial charge on any atom is -0.376 e. The zero-order chi connectivity index (χ0) is 24.3. The third-order valence-electron chi connectivity index (χ3n) is 7.84. The van der Waals surface area contributed by atoms with Gasteiger partial charge in [-0.3, -0.25) is 9.48 Å². The number of amides is 1. The number of hydrogen-bond donors (Lipinski definition) is 0. The van der Waals surface area contributed by atoms with E-state index in [2.05, 4.69) is 41.7 Å². The van der Waals surface area contributed by atoms with Gasteiger partial charge in [0.2, 0.25) is 5.91 Å². The maximum absolute atomic E-state index is 12.0. The lowest BCUT2D eigenvalue weighted by molar-refractivity contribution is -0.136. The molecule has 5 heterocycles. The number of rotatable bonds is 3. The molecule has 2 aromatic heterocycles. The van der Waals surface area contributed by atoms with Gasteiger partial charge in [-0.15, -0.1) is 0 Å². The molecule has 8 heteroatoms. The summed E-state index contributed by atoms with van der Waals surface area (Å²) in [4.78, 5) is 21.2. The number of carbonyl (C=O) groups is 1. The normalized spacial score (nSPS) is 18.4. The van der Waals surface area contributed by atoms with Crippen molar-refractivity contribution in [3.05, 3.63) is 53.4 Å². The number of nitrogens with zero attached hydrogens (tertiary/aromatic N) is 6. The molecular formula is C27H28N6O2. The lowest BCUT2D eigenvalue weighted by Crippen LogP contribution is -2.59. The van der Waals surface area contributed by atoms with Gasteiger partial charge in [-0.2, -0.15) is 10.4 Å². The van der Waals surface area contributed by atoms with Gasteiger partial charge in [0.15, 0.2) is 0 Å². The fraction of sp³-hybridized carbons (Fsp3) is 0.407. The summed E-state index contributed by atoms with van der Waals surface area (Å²) in [5, 5.41) is 16.0. The Hall–Kier alpha value is -3.70. The van der Waals surface area contributed by atoms with Crippen LogP contribution in [0.4, 0.5) is 5.82 Å². The fourth-order valence-corrected chi connectivity index (χ4v) is 6.08. The van der Waals surface area contributed by atoms with Crippen LogP contribution in [-0.4, -0.2) is 58.4 Å². The number of nitriles is 1. The van der Waals surface area contributed by atoms with E-state index in [9.17, 15) is 10.1 Å². The Labute approximate surface area is 204 Å². The van der Waals surface area contributed by atoms with Crippen LogP contribution in [0.3, 0.4) is 0 Å². The number of fused-ring (bicyclic) bond motifs is 2. The molecule has 3 aliphatic heterocycles. The van der Waals surface area contributed by atoms with Gasteiger partial charge >= 0.3 is 0 Å². The summed E-state index contributed by atoms with van der Waals surface area (Å²) in [6.45, 7) is 9.85. The number of ether oxygens (including phenoxy) is 1. The van der Waals surface area contributed by atoms with Gasteiger partial charge in [0.05, 0.1) is 30.6 Å². The predicted molar refractivity (Wildman–Crippen MR) is 133 cm³/mol.